The molecule has 3 rings (SSSR count). The lowest BCUT2D eigenvalue weighted by atomic mass is 9.92. The van der Waals surface area contributed by atoms with Gasteiger partial charge in [-0.1, -0.05) is 37.3 Å². The van der Waals surface area contributed by atoms with E-state index in [2.05, 4.69) is 0 Å². The summed E-state index contributed by atoms with van der Waals surface area (Å²) in [5, 5.41) is 11.0. The monoisotopic (exact) mass is 470 g/mol. The number of rotatable bonds is 10. The summed E-state index contributed by atoms with van der Waals surface area (Å²) in [5.41, 5.74) is 0.289. The molecule has 6 heteroatoms. The molecule has 0 radical (unpaired) electrons. The van der Waals surface area contributed by atoms with Gasteiger partial charge in [0, 0.05) is 13.0 Å². The molecule has 1 aliphatic heterocycles. The standard InChI is InChI=1S/C28H38O6/c1-5-23(27(30)34-28(2,3)4)24(29)19-25(33-26-13-9-10-18-31-26)20-14-16-22(17-15-20)32-21-11-7-6-8-12-21/h6-8,11-12,14-17,23-26,29H,5,9-10,13,18-19H2,1-4H3/t23-,24-,25-,26?/m0/s1. The molecule has 1 fully saturated rings. The van der Waals surface area contributed by atoms with Crippen molar-refractivity contribution in [2.45, 2.75) is 83.9 Å². The fourth-order valence-corrected chi connectivity index (χ4v) is 4.00. The van der Waals surface area contributed by atoms with Gasteiger partial charge in [0.2, 0.25) is 0 Å². The van der Waals surface area contributed by atoms with Crippen LogP contribution < -0.4 is 4.74 Å². The van der Waals surface area contributed by atoms with Crippen molar-refractivity contribution >= 4 is 5.97 Å². The van der Waals surface area contributed by atoms with Crippen LogP contribution in [0.3, 0.4) is 0 Å². The Balaban J connectivity index is 1.74. The second-order valence-electron chi connectivity index (χ2n) is 9.76. The Hall–Kier alpha value is -2.41. The summed E-state index contributed by atoms with van der Waals surface area (Å²) in [4.78, 5) is 12.7. The smallest absolute Gasteiger partial charge is 0.312 e. The topological polar surface area (TPSA) is 74.2 Å². The van der Waals surface area contributed by atoms with Gasteiger partial charge in [-0.2, -0.15) is 0 Å². The van der Waals surface area contributed by atoms with Crippen molar-refractivity contribution in [2.75, 3.05) is 6.61 Å². The number of esters is 1. The van der Waals surface area contributed by atoms with E-state index in [-0.39, 0.29) is 18.7 Å². The summed E-state index contributed by atoms with van der Waals surface area (Å²) < 4.78 is 23.5. The maximum atomic E-state index is 12.7. The fraction of sp³-hybridized carbons (Fsp3) is 0.536. The number of ether oxygens (including phenoxy) is 4. The van der Waals surface area contributed by atoms with E-state index >= 15 is 0 Å². The molecule has 6 nitrogen and oxygen atoms in total. The van der Waals surface area contributed by atoms with E-state index in [1.807, 2.05) is 82.3 Å². The SMILES string of the molecule is CC[C@H](C(=O)OC(C)(C)C)[C@@H](O)C[C@H](OC1CCCCO1)c1ccc(Oc2ccccc2)cc1. The van der Waals surface area contributed by atoms with Crippen LogP contribution in [0, 0.1) is 5.92 Å². The van der Waals surface area contributed by atoms with Gasteiger partial charge in [0.1, 0.15) is 17.1 Å². The molecule has 0 spiro atoms. The molecule has 0 saturated carbocycles. The van der Waals surface area contributed by atoms with Crippen LogP contribution in [-0.2, 0) is 19.0 Å². The van der Waals surface area contributed by atoms with Gasteiger partial charge < -0.3 is 24.1 Å². The highest BCUT2D eigenvalue weighted by Gasteiger charge is 2.33. The van der Waals surface area contributed by atoms with E-state index in [4.69, 9.17) is 18.9 Å². The van der Waals surface area contributed by atoms with E-state index < -0.39 is 23.7 Å². The van der Waals surface area contributed by atoms with Crippen molar-refractivity contribution in [1.82, 2.24) is 0 Å². The third-order valence-electron chi connectivity index (χ3n) is 5.75. The van der Waals surface area contributed by atoms with Gasteiger partial charge in [-0.3, -0.25) is 4.79 Å². The predicted octanol–water partition coefficient (Wildman–Crippen LogP) is 6.18. The number of aliphatic hydroxyl groups excluding tert-OH is 1. The number of carbonyl (C=O) groups is 1. The molecule has 0 bridgehead atoms. The molecule has 186 valence electrons. The van der Waals surface area contributed by atoms with Gasteiger partial charge in [0.25, 0.3) is 0 Å². The second kappa shape index (κ2) is 12.3. The molecule has 2 aromatic carbocycles. The number of carbonyl (C=O) groups excluding carboxylic acids is 1. The third kappa shape index (κ3) is 8.12. The van der Waals surface area contributed by atoms with Crippen molar-refractivity contribution in [1.29, 1.82) is 0 Å². The first-order chi connectivity index (χ1) is 16.2. The molecule has 1 unspecified atom stereocenters. The first-order valence-corrected chi connectivity index (χ1v) is 12.3. The molecule has 0 aliphatic carbocycles. The van der Waals surface area contributed by atoms with Crippen LogP contribution in [0.15, 0.2) is 54.6 Å². The Morgan fingerprint density at radius 2 is 1.74 bits per heavy atom. The summed E-state index contributed by atoms with van der Waals surface area (Å²) in [6.45, 7) is 8.03. The number of para-hydroxylation sites is 1. The van der Waals surface area contributed by atoms with Crippen LogP contribution in [0.2, 0.25) is 0 Å². The number of aliphatic hydroxyl groups is 1. The minimum Gasteiger partial charge on any atom is -0.460 e. The summed E-state index contributed by atoms with van der Waals surface area (Å²) >= 11 is 0. The van der Waals surface area contributed by atoms with E-state index in [0.29, 0.717) is 18.8 Å². The van der Waals surface area contributed by atoms with E-state index in [1.165, 1.54) is 0 Å². The Morgan fingerprint density at radius 1 is 1.06 bits per heavy atom. The quantitative estimate of drug-likeness (QED) is 0.418. The summed E-state index contributed by atoms with van der Waals surface area (Å²) in [7, 11) is 0. The highest BCUT2D eigenvalue weighted by Crippen LogP contribution is 2.32. The van der Waals surface area contributed by atoms with Gasteiger partial charge in [0.15, 0.2) is 6.29 Å². The molecule has 0 aromatic heterocycles. The molecular weight excluding hydrogens is 432 g/mol. The zero-order valence-electron chi connectivity index (χ0n) is 20.7. The maximum absolute atomic E-state index is 12.7. The summed E-state index contributed by atoms with van der Waals surface area (Å²) in [6, 6.07) is 17.2. The third-order valence-corrected chi connectivity index (χ3v) is 5.75. The lowest BCUT2D eigenvalue weighted by Gasteiger charge is -2.31. The van der Waals surface area contributed by atoms with Gasteiger partial charge in [0.05, 0.1) is 18.1 Å². The lowest BCUT2D eigenvalue weighted by molar-refractivity contribution is -0.197. The average Bonchev–Trinajstić information content (AvgIpc) is 2.80. The van der Waals surface area contributed by atoms with Crippen LogP contribution in [-0.4, -0.2) is 35.7 Å². The van der Waals surface area contributed by atoms with Crippen LogP contribution in [0.1, 0.15) is 71.5 Å². The lowest BCUT2D eigenvalue weighted by Crippen LogP contribution is -2.36. The number of benzene rings is 2. The average molecular weight is 471 g/mol. The normalized spacial score (nSPS) is 19.1. The van der Waals surface area contributed by atoms with Crippen LogP contribution in [0.5, 0.6) is 11.5 Å². The van der Waals surface area contributed by atoms with Crippen molar-refractivity contribution < 1.29 is 28.8 Å². The minimum atomic E-state index is -0.909. The molecule has 2 aromatic rings. The highest BCUT2D eigenvalue weighted by atomic mass is 16.7. The molecule has 1 aliphatic rings. The zero-order chi connectivity index (χ0) is 24.6. The van der Waals surface area contributed by atoms with Crippen molar-refractivity contribution in [3.05, 3.63) is 60.2 Å². The summed E-state index contributed by atoms with van der Waals surface area (Å²) in [6.07, 6.45) is 1.95. The first kappa shape index (κ1) is 26.2. The number of hydrogen-bond donors (Lipinski definition) is 1. The Kier molecular flexibility index (Phi) is 9.51. The molecule has 0 amide bonds. The Morgan fingerprint density at radius 3 is 2.32 bits per heavy atom. The van der Waals surface area contributed by atoms with Crippen LogP contribution >= 0.6 is 0 Å². The van der Waals surface area contributed by atoms with Gasteiger partial charge >= 0.3 is 5.97 Å². The largest absolute Gasteiger partial charge is 0.460 e. The fourth-order valence-electron chi connectivity index (χ4n) is 4.00. The Bertz CT molecular complexity index is 868. The van der Waals surface area contributed by atoms with Gasteiger partial charge in [-0.25, -0.2) is 0 Å². The van der Waals surface area contributed by atoms with E-state index in [0.717, 1.165) is 30.6 Å². The molecule has 1 saturated heterocycles. The second-order valence-corrected chi connectivity index (χ2v) is 9.76. The van der Waals surface area contributed by atoms with E-state index in [9.17, 15) is 9.90 Å². The van der Waals surface area contributed by atoms with Crippen molar-refractivity contribution in [3.63, 3.8) is 0 Å². The molecule has 4 atom stereocenters. The predicted molar refractivity (Wildman–Crippen MR) is 131 cm³/mol. The molecular formula is C28H38O6. The van der Waals surface area contributed by atoms with Crippen LogP contribution in [0.25, 0.3) is 0 Å². The van der Waals surface area contributed by atoms with Crippen molar-refractivity contribution in [3.8, 4) is 11.5 Å². The Labute approximate surface area is 203 Å². The maximum Gasteiger partial charge on any atom is 0.312 e. The van der Waals surface area contributed by atoms with E-state index in [1.54, 1.807) is 0 Å². The zero-order valence-corrected chi connectivity index (χ0v) is 20.7. The molecule has 1 N–H and O–H groups in total. The van der Waals surface area contributed by atoms with Gasteiger partial charge in [-0.15, -0.1) is 0 Å². The highest BCUT2D eigenvalue weighted by molar-refractivity contribution is 5.73. The first-order valence-electron chi connectivity index (χ1n) is 12.3. The van der Waals surface area contributed by atoms with Crippen molar-refractivity contribution in [2.24, 2.45) is 5.92 Å². The van der Waals surface area contributed by atoms with Gasteiger partial charge in [-0.05, 0) is 76.3 Å². The molecule has 1 heterocycles. The number of hydrogen-bond acceptors (Lipinski definition) is 6. The minimum absolute atomic E-state index is 0.260. The molecule has 34 heavy (non-hydrogen) atoms. The van der Waals surface area contributed by atoms with Crippen LogP contribution in [0.4, 0.5) is 0 Å². The summed E-state index contributed by atoms with van der Waals surface area (Å²) in [5.74, 6) is 0.459.